The van der Waals surface area contributed by atoms with E-state index in [9.17, 15) is 24.5 Å². The van der Waals surface area contributed by atoms with E-state index in [1.165, 1.54) is 18.2 Å². The Morgan fingerprint density at radius 2 is 2.08 bits per heavy atom. The summed E-state index contributed by atoms with van der Waals surface area (Å²) in [6, 6.07) is 6.05. The van der Waals surface area contributed by atoms with Gasteiger partial charge in [0.25, 0.3) is 0 Å². The highest BCUT2D eigenvalue weighted by molar-refractivity contribution is 5.94. The van der Waals surface area contributed by atoms with Crippen molar-refractivity contribution < 1.29 is 29.2 Å². The minimum atomic E-state index is -1.29. The lowest BCUT2D eigenvalue weighted by Gasteiger charge is -2.35. The Labute approximate surface area is 138 Å². The Bertz CT molecular complexity index is 650. The van der Waals surface area contributed by atoms with Gasteiger partial charge in [-0.2, -0.15) is 0 Å². The van der Waals surface area contributed by atoms with Crippen molar-refractivity contribution in [1.82, 2.24) is 4.90 Å². The first-order valence-corrected chi connectivity index (χ1v) is 7.87. The molecule has 1 aliphatic carbocycles. The predicted molar refractivity (Wildman–Crippen MR) is 82.4 cm³/mol. The molecule has 1 heterocycles. The Kier molecular flexibility index (Phi) is 4.96. The SMILES string of the molecule is O=C(C1=C[C@@H](O)[C@@H](O)[C@H](O)C1)N1CCOC(c2cccc(F)c2)C1. The van der Waals surface area contributed by atoms with Crippen molar-refractivity contribution in [2.75, 3.05) is 19.7 Å². The molecule has 130 valence electrons. The summed E-state index contributed by atoms with van der Waals surface area (Å²) in [7, 11) is 0. The van der Waals surface area contributed by atoms with E-state index in [0.29, 0.717) is 18.7 Å². The number of amides is 1. The van der Waals surface area contributed by atoms with E-state index in [-0.39, 0.29) is 30.3 Å². The van der Waals surface area contributed by atoms with Gasteiger partial charge >= 0.3 is 0 Å². The van der Waals surface area contributed by atoms with Crippen LogP contribution < -0.4 is 0 Å². The Morgan fingerprint density at radius 1 is 1.29 bits per heavy atom. The third-order valence-electron chi connectivity index (χ3n) is 4.39. The summed E-state index contributed by atoms with van der Waals surface area (Å²) in [5.74, 6) is -0.681. The van der Waals surface area contributed by atoms with Crippen molar-refractivity contribution in [2.45, 2.75) is 30.8 Å². The van der Waals surface area contributed by atoms with Gasteiger partial charge < -0.3 is 25.0 Å². The molecule has 1 aliphatic heterocycles. The van der Waals surface area contributed by atoms with Crippen molar-refractivity contribution in [2.24, 2.45) is 0 Å². The fraction of sp³-hybridized carbons (Fsp3) is 0.471. The number of benzene rings is 1. The molecule has 1 unspecified atom stereocenters. The normalized spacial score (nSPS) is 30.8. The van der Waals surface area contributed by atoms with Crippen molar-refractivity contribution in [3.63, 3.8) is 0 Å². The summed E-state index contributed by atoms with van der Waals surface area (Å²) in [5, 5.41) is 29.0. The molecule has 1 aromatic rings. The highest BCUT2D eigenvalue weighted by atomic mass is 19.1. The average Bonchev–Trinajstić information content (AvgIpc) is 2.58. The lowest BCUT2D eigenvalue weighted by Crippen LogP contribution is -2.46. The molecular weight excluding hydrogens is 317 g/mol. The number of hydrogen-bond donors (Lipinski definition) is 3. The smallest absolute Gasteiger partial charge is 0.249 e. The van der Waals surface area contributed by atoms with E-state index in [2.05, 4.69) is 0 Å². The van der Waals surface area contributed by atoms with E-state index in [0.717, 1.165) is 0 Å². The van der Waals surface area contributed by atoms with E-state index in [1.807, 2.05) is 0 Å². The second-order valence-electron chi connectivity index (χ2n) is 6.11. The van der Waals surface area contributed by atoms with E-state index in [1.54, 1.807) is 17.0 Å². The first-order chi connectivity index (χ1) is 11.5. The van der Waals surface area contributed by atoms with Gasteiger partial charge in [0.1, 0.15) is 24.1 Å². The minimum absolute atomic E-state index is 0.0148. The summed E-state index contributed by atoms with van der Waals surface area (Å²) < 4.78 is 19.0. The molecule has 0 bridgehead atoms. The molecule has 1 aromatic carbocycles. The van der Waals surface area contributed by atoms with Crippen molar-refractivity contribution >= 4 is 5.91 Å². The molecule has 0 saturated carbocycles. The Hall–Kier alpha value is -1.80. The van der Waals surface area contributed by atoms with Crippen LogP contribution in [0.5, 0.6) is 0 Å². The summed E-state index contributed by atoms with van der Waals surface area (Å²) >= 11 is 0. The molecule has 24 heavy (non-hydrogen) atoms. The van der Waals surface area contributed by atoms with Gasteiger partial charge in [-0.3, -0.25) is 4.79 Å². The van der Waals surface area contributed by atoms with Crippen molar-refractivity contribution in [3.8, 4) is 0 Å². The first kappa shape index (κ1) is 17.0. The maximum absolute atomic E-state index is 13.4. The lowest BCUT2D eigenvalue weighted by atomic mass is 9.91. The Morgan fingerprint density at radius 3 is 2.79 bits per heavy atom. The molecule has 3 rings (SSSR count). The van der Waals surface area contributed by atoms with E-state index >= 15 is 0 Å². The highest BCUT2D eigenvalue weighted by Gasteiger charge is 2.34. The molecule has 1 saturated heterocycles. The zero-order valence-electron chi connectivity index (χ0n) is 13.0. The van der Waals surface area contributed by atoms with Crippen LogP contribution in [-0.4, -0.2) is 64.1 Å². The largest absolute Gasteiger partial charge is 0.390 e. The molecule has 0 aromatic heterocycles. The predicted octanol–water partition coefficient (Wildman–Crippen LogP) is 0.138. The van der Waals surface area contributed by atoms with Crippen LogP contribution in [0.15, 0.2) is 35.9 Å². The third-order valence-corrected chi connectivity index (χ3v) is 4.39. The van der Waals surface area contributed by atoms with Gasteiger partial charge in [-0.15, -0.1) is 0 Å². The van der Waals surface area contributed by atoms with E-state index in [4.69, 9.17) is 4.74 Å². The van der Waals surface area contributed by atoms with Crippen LogP contribution in [0.3, 0.4) is 0 Å². The fourth-order valence-electron chi connectivity index (χ4n) is 3.05. The highest BCUT2D eigenvalue weighted by Crippen LogP contribution is 2.26. The number of ether oxygens (including phenoxy) is 1. The zero-order valence-corrected chi connectivity index (χ0v) is 13.0. The van der Waals surface area contributed by atoms with Gasteiger partial charge in [0.15, 0.2) is 0 Å². The standard InChI is InChI=1S/C17H20FNO5/c18-12-3-1-2-10(6-12)15-9-19(4-5-24-15)17(23)11-7-13(20)16(22)14(21)8-11/h1-3,6-7,13-16,20-22H,4-5,8-9H2/t13-,14-,15?,16-/m1/s1. The monoisotopic (exact) mass is 337 g/mol. The summed E-state index contributed by atoms with van der Waals surface area (Å²) in [6.45, 7) is 0.943. The van der Waals surface area contributed by atoms with Crippen LogP contribution >= 0.6 is 0 Å². The first-order valence-electron chi connectivity index (χ1n) is 7.87. The van der Waals surface area contributed by atoms with Crippen LogP contribution in [0.4, 0.5) is 4.39 Å². The molecule has 0 radical (unpaired) electrons. The van der Waals surface area contributed by atoms with Gasteiger partial charge in [-0.1, -0.05) is 12.1 Å². The fourth-order valence-corrected chi connectivity index (χ4v) is 3.05. The number of rotatable bonds is 2. The quantitative estimate of drug-likeness (QED) is 0.714. The second-order valence-corrected chi connectivity index (χ2v) is 6.11. The van der Waals surface area contributed by atoms with Crippen LogP contribution in [0.2, 0.25) is 0 Å². The van der Waals surface area contributed by atoms with E-state index < -0.39 is 24.4 Å². The maximum atomic E-state index is 13.4. The van der Waals surface area contributed by atoms with Crippen LogP contribution in [-0.2, 0) is 9.53 Å². The third kappa shape index (κ3) is 3.49. The summed E-state index contributed by atoms with van der Waals surface area (Å²) in [5.41, 5.74) is 0.917. The average molecular weight is 337 g/mol. The van der Waals surface area contributed by atoms with Crippen molar-refractivity contribution in [3.05, 3.63) is 47.3 Å². The Balaban J connectivity index is 1.73. The zero-order chi connectivity index (χ0) is 17.3. The minimum Gasteiger partial charge on any atom is -0.390 e. The van der Waals surface area contributed by atoms with Gasteiger partial charge in [0.2, 0.25) is 5.91 Å². The maximum Gasteiger partial charge on any atom is 0.249 e. The molecule has 3 N–H and O–H groups in total. The van der Waals surface area contributed by atoms with Gasteiger partial charge in [-0.25, -0.2) is 4.39 Å². The number of carbonyl (C=O) groups excluding carboxylic acids is 1. The van der Waals surface area contributed by atoms with Crippen LogP contribution in [0.1, 0.15) is 18.1 Å². The van der Waals surface area contributed by atoms with Gasteiger partial charge in [0, 0.05) is 18.5 Å². The number of nitrogens with zero attached hydrogens (tertiary/aromatic N) is 1. The molecule has 6 nitrogen and oxygen atoms in total. The van der Waals surface area contributed by atoms with Gasteiger partial charge in [-0.05, 0) is 23.8 Å². The summed E-state index contributed by atoms with van der Waals surface area (Å²) in [4.78, 5) is 14.2. The van der Waals surface area contributed by atoms with Gasteiger partial charge in [0.05, 0.1) is 19.3 Å². The molecule has 2 aliphatic rings. The molecule has 0 spiro atoms. The molecule has 4 atom stereocenters. The lowest BCUT2D eigenvalue weighted by molar-refractivity contribution is -0.136. The molecule has 1 amide bonds. The van der Waals surface area contributed by atoms with Crippen molar-refractivity contribution in [1.29, 1.82) is 0 Å². The van der Waals surface area contributed by atoms with Crippen LogP contribution in [0, 0.1) is 5.82 Å². The topological polar surface area (TPSA) is 90.2 Å². The van der Waals surface area contributed by atoms with Crippen LogP contribution in [0.25, 0.3) is 0 Å². The number of aliphatic hydroxyl groups excluding tert-OH is 3. The number of morpholine rings is 1. The second kappa shape index (κ2) is 6.98. The number of hydrogen-bond acceptors (Lipinski definition) is 5. The number of halogens is 1. The molecular formula is C17H20FNO5. The molecule has 1 fully saturated rings. The molecule has 7 heteroatoms. The summed E-state index contributed by atoms with van der Waals surface area (Å²) in [6.07, 6.45) is -2.89. The number of carbonyl (C=O) groups is 1. The number of aliphatic hydroxyl groups is 3.